The summed E-state index contributed by atoms with van der Waals surface area (Å²) < 4.78 is 0. The molecule has 0 radical (unpaired) electrons. The molecule has 6 heteroatoms. The van der Waals surface area contributed by atoms with Crippen LogP contribution < -0.4 is 10.6 Å². The number of fused-ring (bicyclic) bond motifs is 1. The number of aryl methyl sites for hydroxylation is 2. The van der Waals surface area contributed by atoms with Gasteiger partial charge in [-0.2, -0.15) is 0 Å². The molecule has 0 saturated carbocycles. The number of carbonyl (C=O) groups is 2. The lowest BCUT2D eigenvalue weighted by Gasteiger charge is -2.13. The molecular formula is C25H25ClN2O2S. The van der Waals surface area contributed by atoms with Crippen molar-refractivity contribution in [1.29, 1.82) is 0 Å². The van der Waals surface area contributed by atoms with Crippen LogP contribution in [0.4, 0.5) is 10.7 Å². The Morgan fingerprint density at radius 2 is 1.68 bits per heavy atom. The van der Waals surface area contributed by atoms with Crippen LogP contribution in [0, 0.1) is 0 Å². The number of amides is 2. The number of anilines is 2. The van der Waals surface area contributed by atoms with Crippen LogP contribution in [-0.4, -0.2) is 11.8 Å². The summed E-state index contributed by atoms with van der Waals surface area (Å²) in [6, 6.07) is 17.2. The molecule has 1 heterocycles. The Morgan fingerprint density at radius 1 is 0.935 bits per heavy atom. The van der Waals surface area contributed by atoms with E-state index in [1.54, 1.807) is 35.6 Å². The van der Waals surface area contributed by atoms with Crippen molar-refractivity contribution in [2.75, 3.05) is 10.6 Å². The van der Waals surface area contributed by atoms with Crippen LogP contribution in [-0.2, 0) is 24.1 Å². The molecule has 0 bridgehead atoms. The van der Waals surface area contributed by atoms with Crippen molar-refractivity contribution in [2.24, 2.45) is 0 Å². The average molecular weight is 453 g/mol. The average Bonchev–Trinajstić information content (AvgIpc) is 3.14. The number of rotatable bonds is 7. The van der Waals surface area contributed by atoms with Crippen molar-refractivity contribution < 1.29 is 9.59 Å². The van der Waals surface area contributed by atoms with Gasteiger partial charge in [-0.1, -0.05) is 41.9 Å². The number of benzene rings is 2. The molecule has 4 rings (SSSR count). The Morgan fingerprint density at radius 3 is 2.45 bits per heavy atom. The van der Waals surface area contributed by atoms with Crippen LogP contribution in [0.25, 0.3) is 0 Å². The first-order chi connectivity index (χ1) is 15.1. The fraction of sp³-hybridized carbons (Fsp3) is 0.280. The Hall–Kier alpha value is -2.63. The zero-order valence-corrected chi connectivity index (χ0v) is 18.8. The molecule has 0 aliphatic heterocycles. The Kier molecular flexibility index (Phi) is 7.05. The number of halogens is 1. The van der Waals surface area contributed by atoms with Gasteiger partial charge in [-0.25, -0.2) is 0 Å². The van der Waals surface area contributed by atoms with Gasteiger partial charge < -0.3 is 10.6 Å². The second-order valence-electron chi connectivity index (χ2n) is 7.76. The molecule has 2 amide bonds. The highest BCUT2D eigenvalue weighted by atomic mass is 35.5. The van der Waals surface area contributed by atoms with Gasteiger partial charge in [0, 0.05) is 22.0 Å². The first kappa shape index (κ1) is 21.6. The molecule has 0 spiro atoms. The smallest absolute Gasteiger partial charge is 0.258 e. The summed E-state index contributed by atoms with van der Waals surface area (Å²) in [7, 11) is 0. The van der Waals surface area contributed by atoms with Crippen molar-refractivity contribution >= 4 is 45.4 Å². The van der Waals surface area contributed by atoms with Crippen LogP contribution in [0.3, 0.4) is 0 Å². The molecule has 2 aromatic carbocycles. The number of hydrogen-bond acceptors (Lipinski definition) is 3. The lowest BCUT2D eigenvalue weighted by Crippen LogP contribution is -2.18. The highest BCUT2D eigenvalue weighted by Crippen LogP contribution is 2.38. The van der Waals surface area contributed by atoms with Crippen molar-refractivity contribution in [1.82, 2.24) is 0 Å². The molecule has 4 nitrogen and oxygen atoms in total. The van der Waals surface area contributed by atoms with Gasteiger partial charge in [-0.3, -0.25) is 9.59 Å². The summed E-state index contributed by atoms with van der Waals surface area (Å²) in [4.78, 5) is 27.0. The minimum Gasteiger partial charge on any atom is -0.322 e. The second-order valence-corrected chi connectivity index (χ2v) is 9.30. The zero-order valence-electron chi connectivity index (χ0n) is 17.2. The second kappa shape index (κ2) is 10.1. The highest BCUT2D eigenvalue weighted by molar-refractivity contribution is 7.17. The van der Waals surface area contributed by atoms with Gasteiger partial charge in [0.2, 0.25) is 5.91 Å². The highest BCUT2D eigenvalue weighted by Gasteiger charge is 2.26. The number of hydrogen-bond donors (Lipinski definition) is 2. The van der Waals surface area contributed by atoms with Gasteiger partial charge >= 0.3 is 0 Å². The third-order valence-electron chi connectivity index (χ3n) is 5.47. The largest absolute Gasteiger partial charge is 0.322 e. The monoisotopic (exact) mass is 452 g/mol. The number of thiophene rings is 1. The molecule has 1 aliphatic carbocycles. The fourth-order valence-electron chi connectivity index (χ4n) is 3.91. The van der Waals surface area contributed by atoms with E-state index >= 15 is 0 Å². The summed E-state index contributed by atoms with van der Waals surface area (Å²) >= 11 is 7.49. The van der Waals surface area contributed by atoms with Crippen LogP contribution >= 0.6 is 22.9 Å². The van der Waals surface area contributed by atoms with Crippen molar-refractivity contribution in [3.05, 3.63) is 81.2 Å². The first-order valence-corrected chi connectivity index (χ1v) is 11.8. The van der Waals surface area contributed by atoms with Gasteiger partial charge in [0.25, 0.3) is 5.91 Å². The third-order valence-corrected chi connectivity index (χ3v) is 6.92. The van der Waals surface area contributed by atoms with Gasteiger partial charge in [-0.15, -0.1) is 11.3 Å². The molecule has 2 N–H and O–H groups in total. The van der Waals surface area contributed by atoms with Crippen molar-refractivity contribution in [2.45, 2.75) is 44.9 Å². The van der Waals surface area contributed by atoms with E-state index in [-0.39, 0.29) is 11.8 Å². The van der Waals surface area contributed by atoms with E-state index in [0.717, 1.165) is 44.1 Å². The normalized spacial score (nSPS) is 12.8. The Balaban J connectivity index is 1.46. The maximum atomic E-state index is 13.1. The first-order valence-electron chi connectivity index (χ1n) is 10.7. The predicted molar refractivity (Wildman–Crippen MR) is 128 cm³/mol. The summed E-state index contributed by atoms with van der Waals surface area (Å²) in [5.74, 6) is -0.226. The van der Waals surface area contributed by atoms with E-state index in [1.165, 1.54) is 10.4 Å². The van der Waals surface area contributed by atoms with Crippen LogP contribution in [0.2, 0.25) is 5.02 Å². The van der Waals surface area contributed by atoms with Crippen molar-refractivity contribution in [3.63, 3.8) is 0 Å². The summed E-state index contributed by atoms with van der Waals surface area (Å²) in [6.45, 7) is 0. The summed E-state index contributed by atoms with van der Waals surface area (Å²) in [6.07, 6.45) is 6.08. The predicted octanol–water partition coefficient (Wildman–Crippen LogP) is 6.49. The van der Waals surface area contributed by atoms with E-state index in [9.17, 15) is 9.59 Å². The minimum atomic E-state index is -0.179. The molecule has 31 heavy (non-hydrogen) atoms. The molecule has 0 fully saturated rings. The molecule has 160 valence electrons. The SMILES string of the molecule is O=C(CCCc1ccccc1)Nc1sc2c(c1C(=O)Nc1ccc(Cl)cc1)CCCC2. The van der Waals surface area contributed by atoms with Gasteiger partial charge in [0.1, 0.15) is 5.00 Å². The molecule has 0 unspecified atom stereocenters. The molecule has 1 aliphatic rings. The van der Waals surface area contributed by atoms with E-state index in [2.05, 4.69) is 22.8 Å². The van der Waals surface area contributed by atoms with Crippen LogP contribution in [0.15, 0.2) is 54.6 Å². The van der Waals surface area contributed by atoms with E-state index in [1.807, 2.05) is 18.2 Å². The zero-order chi connectivity index (χ0) is 21.6. The Bertz CT molecular complexity index is 1060. The quantitative estimate of drug-likeness (QED) is 0.430. The molecule has 1 aromatic heterocycles. The van der Waals surface area contributed by atoms with E-state index < -0.39 is 0 Å². The lowest BCUT2D eigenvalue weighted by atomic mass is 9.95. The molecule has 0 saturated heterocycles. The van der Waals surface area contributed by atoms with Crippen molar-refractivity contribution in [3.8, 4) is 0 Å². The maximum absolute atomic E-state index is 13.1. The van der Waals surface area contributed by atoms with Crippen LogP contribution in [0.1, 0.15) is 52.0 Å². The molecular weight excluding hydrogens is 428 g/mol. The molecule has 0 atom stereocenters. The summed E-state index contributed by atoms with van der Waals surface area (Å²) in [5.41, 5.74) is 3.61. The van der Waals surface area contributed by atoms with E-state index in [4.69, 9.17) is 11.6 Å². The van der Waals surface area contributed by atoms with E-state index in [0.29, 0.717) is 27.7 Å². The molecule has 3 aromatic rings. The van der Waals surface area contributed by atoms with Gasteiger partial charge in [-0.05, 0) is 73.9 Å². The topological polar surface area (TPSA) is 58.2 Å². The summed E-state index contributed by atoms with van der Waals surface area (Å²) in [5, 5.41) is 7.27. The maximum Gasteiger partial charge on any atom is 0.258 e. The Labute approximate surface area is 191 Å². The standard InChI is InChI=1S/C25H25ClN2O2S/c26-18-13-15-19(16-14-18)27-24(30)23-20-10-4-5-11-21(20)31-25(23)28-22(29)12-6-9-17-7-2-1-3-8-17/h1-3,7-8,13-16H,4-6,9-12H2,(H,27,30)(H,28,29). The third kappa shape index (κ3) is 5.54. The minimum absolute atomic E-state index is 0.0462. The number of nitrogens with one attached hydrogen (secondary N) is 2. The lowest BCUT2D eigenvalue weighted by molar-refractivity contribution is -0.116. The van der Waals surface area contributed by atoms with Gasteiger partial charge in [0.05, 0.1) is 5.56 Å². The fourth-order valence-corrected chi connectivity index (χ4v) is 5.34. The number of carbonyl (C=O) groups excluding carboxylic acids is 2. The van der Waals surface area contributed by atoms with Gasteiger partial charge in [0.15, 0.2) is 0 Å². The van der Waals surface area contributed by atoms with Crippen LogP contribution in [0.5, 0.6) is 0 Å².